The number of rotatable bonds is 5. The van der Waals surface area contributed by atoms with Crippen LogP contribution < -0.4 is 15.4 Å². The molecule has 0 bridgehead atoms. The summed E-state index contributed by atoms with van der Waals surface area (Å²) >= 11 is 0. The van der Waals surface area contributed by atoms with Gasteiger partial charge in [-0.05, 0) is 70.2 Å². The number of aryl methyl sites for hydroxylation is 2. The number of carbonyl (C=O) groups is 1. The molecule has 2 aliphatic rings. The van der Waals surface area contributed by atoms with Crippen molar-refractivity contribution in [3.8, 4) is 11.3 Å². The van der Waals surface area contributed by atoms with Crippen LogP contribution in [0.2, 0.25) is 0 Å². The van der Waals surface area contributed by atoms with Crippen LogP contribution in [0.3, 0.4) is 0 Å². The maximum atomic E-state index is 13.3. The Bertz CT molecular complexity index is 1210. The Morgan fingerprint density at radius 1 is 1.18 bits per heavy atom. The van der Waals surface area contributed by atoms with Crippen LogP contribution in [0, 0.1) is 19.8 Å². The topological polar surface area (TPSA) is 109 Å². The van der Waals surface area contributed by atoms with E-state index < -0.39 is 16.1 Å². The largest absolute Gasteiger partial charge is 0.351 e. The molecule has 3 N–H and O–H groups in total. The van der Waals surface area contributed by atoms with Gasteiger partial charge in [-0.25, -0.2) is 9.71 Å². The fourth-order valence-electron chi connectivity index (χ4n) is 5.16. The van der Waals surface area contributed by atoms with Crippen molar-refractivity contribution in [2.75, 3.05) is 24.5 Å². The predicted molar refractivity (Wildman–Crippen MR) is 135 cm³/mol. The van der Waals surface area contributed by atoms with Gasteiger partial charge in [0.25, 0.3) is 5.91 Å². The minimum absolute atomic E-state index is 0.204. The summed E-state index contributed by atoms with van der Waals surface area (Å²) in [7, 11) is -3.99. The summed E-state index contributed by atoms with van der Waals surface area (Å²) in [5, 5.41) is 0. The number of nitrogens with two attached hydrogens (primary N) is 1. The fourth-order valence-corrected chi connectivity index (χ4v) is 6.37. The average molecular weight is 486 g/mol. The summed E-state index contributed by atoms with van der Waals surface area (Å²) < 4.78 is 29.2. The molecule has 1 aromatic heterocycles. The second-order valence-corrected chi connectivity index (χ2v) is 12.1. The minimum atomic E-state index is -3.99. The molecule has 2 aromatic rings. The number of pyridine rings is 1. The van der Waals surface area contributed by atoms with Crippen LogP contribution in [0.5, 0.6) is 0 Å². The Morgan fingerprint density at radius 2 is 1.91 bits per heavy atom. The van der Waals surface area contributed by atoms with Gasteiger partial charge in [-0.15, -0.1) is 0 Å². The van der Waals surface area contributed by atoms with Gasteiger partial charge in [0.1, 0.15) is 5.82 Å². The second-order valence-electron chi connectivity index (χ2n) is 10.5. The Morgan fingerprint density at radius 3 is 2.53 bits per heavy atom. The third kappa shape index (κ3) is 4.82. The van der Waals surface area contributed by atoms with Crippen LogP contribution in [-0.2, 0) is 10.2 Å². The van der Waals surface area contributed by atoms with Crippen LogP contribution >= 0.6 is 0 Å². The fraction of sp³-hybridized carbons (Fsp3) is 0.520. The quantitative estimate of drug-likeness (QED) is 0.674. The van der Waals surface area contributed by atoms with Crippen LogP contribution in [0.4, 0.5) is 5.82 Å². The zero-order valence-corrected chi connectivity index (χ0v) is 21.4. The van der Waals surface area contributed by atoms with E-state index in [0.29, 0.717) is 24.7 Å². The smallest absolute Gasteiger partial charge is 0.304 e. The maximum Gasteiger partial charge on any atom is 0.304 e. The Balaban J connectivity index is 1.76. The van der Waals surface area contributed by atoms with E-state index in [0.717, 1.165) is 35.3 Å². The monoisotopic (exact) mass is 485 g/mol. The first kappa shape index (κ1) is 24.6. The van der Waals surface area contributed by atoms with Gasteiger partial charge >= 0.3 is 10.2 Å². The molecule has 2 saturated heterocycles. The number of aromatic nitrogens is 1. The van der Waals surface area contributed by atoms with Crippen molar-refractivity contribution < 1.29 is 13.2 Å². The molecule has 0 saturated carbocycles. The first-order valence-electron chi connectivity index (χ1n) is 11.8. The maximum absolute atomic E-state index is 13.3. The molecule has 184 valence electrons. The normalized spacial score (nSPS) is 22.8. The molecule has 8 nitrogen and oxygen atoms in total. The van der Waals surface area contributed by atoms with E-state index in [1.54, 1.807) is 12.1 Å². The highest BCUT2D eigenvalue weighted by atomic mass is 32.2. The Kier molecular flexibility index (Phi) is 6.48. The summed E-state index contributed by atoms with van der Waals surface area (Å²) in [6, 6.07) is 9.47. The van der Waals surface area contributed by atoms with Gasteiger partial charge in [0, 0.05) is 36.8 Å². The molecule has 9 heteroatoms. The number of benzene rings is 1. The molecule has 0 unspecified atom stereocenters. The van der Waals surface area contributed by atoms with Gasteiger partial charge in [-0.3, -0.25) is 4.79 Å². The summed E-state index contributed by atoms with van der Waals surface area (Å²) in [6.07, 6.45) is 1.53. The average Bonchev–Trinajstić information content (AvgIpc) is 3.31. The van der Waals surface area contributed by atoms with Crippen molar-refractivity contribution in [1.82, 2.24) is 14.0 Å². The molecule has 2 atom stereocenters. The summed E-state index contributed by atoms with van der Waals surface area (Å²) in [4.78, 5) is 20.4. The standard InChI is InChI=1S/C25H35N5O3S/c1-16-6-7-18(3)21(12-16)22-9-8-20(23(27-22)30-14-17(2)13-25(30,4)5)24(31)28-34(32,33)29-11-10-19(26)15-29/h6-9,12,17,19H,10-11,13-15,26H2,1-5H3,(H,28,31)/t17-,19-/m0/s1. The van der Waals surface area contributed by atoms with Crippen molar-refractivity contribution in [2.45, 2.75) is 59.0 Å². The molecule has 3 heterocycles. The first-order chi connectivity index (χ1) is 15.9. The molecule has 34 heavy (non-hydrogen) atoms. The van der Waals surface area contributed by atoms with E-state index in [1.165, 1.54) is 4.31 Å². The van der Waals surface area contributed by atoms with Gasteiger partial charge in [0.2, 0.25) is 0 Å². The van der Waals surface area contributed by atoms with Gasteiger partial charge in [0.05, 0.1) is 11.3 Å². The predicted octanol–water partition coefficient (Wildman–Crippen LogP) is 3.00. The van der Waals surface area contributed by atoms with Gasteiger partial charge in [-0.1, -0.05) is 24.6 Å². The first-order valence-corrected chi connectivity index (χ1v) is 13.3. The number of nitrogens with zero attached hydrogens (tertiary/aromatic N) is 3. The van der Waals surface area contributed by atoms with E-state index in [-0.39, 0.29) is 23.7 Å². The molecule has 2 fully saturated rings. The number of hydrogen-bond donors (Lipinski definition) is 2. The molecule has 1 aromatic carbocycles. The second kappa shape index (κ2) is 8.94. The number of carbonyl (C=O) groups excluding carboxylic acids is 1. The lowest BCUT2D eigenvalue weighted by atomic mass is 9.97. The van der Waals surface area contributed by atoms with Crippen LogP contribution in [-0.4, -0.2) is 54.8 Å². The van der Waals surface area contributed by atoms with Crippen molar-refractivity contribution in [2.24, 2.45) is 11.7 Å². The zero-order chi connectivity index (χ0) is 24.8. The third-order valence-corrected chi connectivity index (χ3v) is 8.32. The molecular weight excluding hydrogens is 450 g/mol. The zero-order valence-electron chi connectivity index (χ0n) is 20.6. The lowest BCUT2D eigenvalue weighted by Crippen LogP contribution is -2.44. The SMILES string of the molecule is Cc1ccc(C)c(-c2ccc(C(=O)NS(=O)(=O)N3CC[C@H](N)C3)c(N3C[C@@H](C)CC3(C)C)n2)c1. The van der Waals surface area contributed by atoms with E-state index in [1.807, 2.05) is 13.8 Å². The highest BCUT2D eigenvalue weighted by Crippen LogP contribution is 2.38. The number of amides is 1. The highest BCUT2D eigenvalue weighted by Gasteiger charge is 2.40. The van der Waals surface area contributed by atoms with Crippen molar-refractivity contribution >= 4 is 21.9 Å². The molecule has 4 rings (SSSR count). The minimum Gasteiger partial charge on any atom is -0.351 e. The molecule has 0 radical (unpaired) electrons. The van der Waals surface area contributed by atoms with Gasteiger partial charge < -0.3 is 10.6 Å². The van der Waals surface area contributed by atoms with E-state index in [2.05, 4.69) is 48.6 Å². The summed E-state index contributed by atoms with van der Waals surface area (Å²) in [5.74, 6) is 0.260. The van der Waals surface area contributed by atoms with Crippen molar-refractivity contribution in [3.63, 3.8) is 0 Å². The molecule has 0 spiro atoms. The van der Waals surface area contributed by atoms with Crippen LogP contribution in [0.15, 0.2) is 30.3 Å². The Labute approximate surface area is 202 Å². The lowest BCUT2D eigenvalue weighted by molar-refractivity contribution is 0.0979. The molecule has 1 amide bonds. The van der Waals surface area contributed by atoms with Crippen LogP contribution in [0.25, 0.3) is 11.3 Å². The molecule has 2 aliphatic heterocycles. The van der Waals surface area contributed by atoms with E-state index in [4.69, 9.17) is 10.7 Å². The van der Waals surface area contributed by atoms with Gasteiger partial charge in [0.15, 0.2) is 0 Å². The highest BCUT2D eigenvalue weighted by molar-refractivity contribution is 7.87. The number of anilines is 1. The molecular formula is C25H35N5O3S. The summed E-state index contributed by atoms with van der Waals surface area (Å²) in [6.45, 7) is 11.8. The lowest BCUT2D eigenvalue weighted by Gasteiger charge is -2.34. The molecule has 0 aliphatic carbocycles. The number of hydrogen-bond acceptors (Lipinski definition) is 6. The van der Waals surface area contributed by atoms with Crippen LogP contribution in [0.1, 0.15) is 55.1 Å². The Hall–Kier alpha value is -2.49. The van der Waals surface area contributed by atoms with E-state index >= 15 is 0 Å². The summed E-state index contributed by atoms with van der Waals surface area (Å²) in [5.41, 5.74) is 9.87. The van der Waals surface area contributed by atoms with Crippen molar-refractivity contribution in [3.05, 3.63) is 47.0 Å². The van der Waals surface area contributed by atoms with Crippen molar-refractivity contribution in [1.29, 1.82) is 0 Å². The third-order valence-electron chi connectivity index (χ3n) is 6.87. The van der Waals surface area contributed by atoms with Gasteiger partial charge in [-0.2, -0.15) is 12.7 Å². The van der Waals surface area contributed by atoms with E-state index in [9.17, 15) is 13.2 Å². The number of nitrogens with one attached hydrogen (secondary N) is 1.